The Morgan fingerprint density at radius 1 is 1.39 bits per heavy atom. The lowest BCUT2D eigenvalue weighted by atomic mass is 9.99. The zero-order valence-electron chi connectivity index (χ0n) is 14.0. The van der Waals surface area contributed by atoms with Crippen molar-refractivity contribution in [3.05, 3.63) is 33.6 Å². The van der Waals surface area contributed by atoms with Crippen molar-refractivity contribution in [1.82, 2.24) is 20.8 Å². The Morgan fingerprint density at radius 2 is 2.13 bits per heavy atom. The van der Waals surface area contributed by atoms with Gasteiger partial charge in [0.15, 0.2) is 5.76 Å². The Labute approximate surface area is 140 Å². The number of aromatic nitrogens is 2. The summed E-state index contributed by atoms with van der Waals surface area (Å²) in [7, 11) is 0. The predicted octanol–water partition coefficient (Wildman–Crippen LogP) is 3.90. The topological polar surface area (TPSA) is 80.0 Å². The summed E-state index contributed by atoms with van der Waals surface area (Å²) in [6.45, 7) is 8.44. The van der Waals surface area contributed by atoms with Crippen molar-refractivity contribution >= 4 is 17.4 Å². The molecule has 7 heteroatoms. The summed E-state index contributed by atoms with van der Waals surface area (Å²) < 4.78 is 5.29. The van der Waals surface area contributed by atoms with Gasteiger partial charge in [-0.25, -0.2) is 9.78 Å². The molecule has 0 aliphatic heterocycles. The van der Waals surface area contributed by atoms with E-state index in [4.69, 9.17) is 4.52 Å². The third-order valence-corrected chi connectivity index (χ3v) is 4.90. The van der Waals surface area contributed by atoms with E-state index >= 15 is 0 Å². The van der Waals surface area contributed by atoms with E-state index in [0.29, 0.717) is 18.2 Å². The van der Waals surface area contributed by atoms with Crippen LogP contribution in [0, 0.1) is 6.92 Å². The SMILES string of the molecule is CCC(CC)c1cc(CNC(=O)N[C@H](C)c2nc(C)cs2)on1. The maximum atomic E-state index is 12.0. The summed E-state index contributed by atoms with van der Waals surface area (Å²) in [4.78, 5) is 16.3. The highest BCUT2D eigenvalue weighted by Crippen LogP contribution is 2.22. The van der Waals surface area contributed by atoms with Crippen molar-refractivity contribution in [2.75, 3.05) is 0 Å². The lowest BCUT2D eigenvalue weighted by molar-refractivity contribution is 0.235. The van der Waals surface area contributed by atoms with Crippen LogP contribution in [-0.4, -0.2) is 16.2 Å². The van der Waals surface area contributed by atoms with Crippen molar-refractivity contribution in [3.63, 3.8) is 0 Å². The summed E-state index contributed by atoms with van der Waals surface area (Å²) in [6, 6.07) is 1.56. The minimum absolute atomic E-state index is 0.122. The first-order valence-corrected chi connectivity index (χ1v) is 8.83. The molecular weight excluding hydrogens is 312 g/mol. The molecule has 0 aromatic carbocycles. The number of aryl methyl sites for hydroxylation is 1. The van der Waals surface area contributed by atoms with Gasteiger partial charge in [0.05, 0.1) is 18.3 Å². The summed E-state index contributed by atoms with van der Waals surface area (Å²) in [5.74, 6) is 1.08. The van der Waals surface area contributed by atoms with Crippen LogP contribution in [0.3, 0.4) is 0 Å². The number of nitrogens with zero attached hydrogens (tertiary/aromatic N) is 2. The molecule has 0 aliphatic carbocycles. The fraction of sp³-hybridized carbons (Fsp3) is 0.562. The van der Waals surface area contributed by atoms with Gasteiger partial charge < -0.3 is 15.2 Å². The second-order valence-electron chi connectivity index (χ2n) is 5.61. The first kappa shape index (κ1) is 17.5. The molecule has 0 spiro atoms. The van der Waals surface area contributed by atoms with Crippen LogP contribution >= 0.6 is 11.3 Å². The first-order chi connectivity index (χ1) is 11.0. The van der Waals surface area contributed by atoms with Crippen LogP contribution in [0.4, 0.5) is 4.79 Å². The predicted molar refractivity (Wildman–Crippen MR) is 90.5 cm³/mol. The van der Waals surface area contributed by atoms with Crippen LogP contribution in [0.2, 0.25) is 0 Å². The summed E-state index contributed by atoms with van der Waals surface area (Å²) in [5, 5.41) is 12.6. The van der Waals surface area contributed by atoms with Crippen LogP contribution in [0.5, 0.6) is 0 Å². The van der Waals surface area contributed by atoms with Gasteiger partial charge in [-0.15, -0.1) is 11.3 Å². The summed E-state index contributed by atoms with van der Waals surface area (Å²) in [6.07, 6.45) is 2.06. The van der Waals surface area contributed by atoms with E-state index in [1.807, 2.05) is 25.3 Å². The van der Waals surface area contributed by atoms with E-state index in [-0.39, 0.29) is 12.1 Å². The van der Waals surface area contributed by atoms with Crippen LogP contribution in [-0.2, 0) is 6.54 Å². The van der Waals surface area contributed by atoms with Gasteiger partial charge in [0.2, 0.25) is 0 Å². The van der Waals surface area contributed by atoms with Crippen molar-refractivity contribution in [2.45, 2.75) is 59.0 Å². The maximum absolute atomic E-state index is 12.0. The van der Waals surface area contributed by atoms with Gasteiger partial charge in [0.25, 0.3) is 0 Å². The minimum Gasteiger partial charge on any atom is -0.359 e. The number of hydrogen-bond donors (Lipinski definition) is 2. The van der Waals surface area contributed by atoms with Crippen LogP contribution in [0.1, 0.15) is 67.7 Å². The number of carbonyl (C=O) groups excluding carboxylic acids is 1. The molecule has 0 bridgehead atoms. The Balaban J connectivity index is 1.82. The normalized spacial score (nSPS) is 12.4. The molecule has 0 aliphatic rings. The molecule has 6 nitrogen and oxygen atoms in total. The second kappa shape index (κ2) is 8.10. The fourth-order valence-corrected chi connectivity index (χ4v) is 3.16. The van der Waals surface area contributed by atoms with Gasteiger partial charge in [-0.1, -0.05) is 19.0 Å². The van der Waals surface area contributed by atoms with E-state index in [9.17, 15) is 4.79 Å². The van der Waals surface area contributed by atoms with Gasteiger partial charge in [0, 0.05) is 23.1 Å². The molecule has 0 saturated heterocycles. The van der Waals surface area contributed by atoms with Crippen molar-refractivity contribution in [2.24, 2.45) is 0 Å². The van der Waals surface area contributed by atoms with Crippen molar-refractivity contribution in [3.8, 4) is 0 Å². The zero-order chi connectivity index (χ0) is 16.8. The number of thiazole rings is 1. The van der Waals surface area contributed by atoms with Gasteiger partial charge in [-0.3, -0.25) is 0 Å². The lowest BCUT2D eigenvalue weighted by Gasteiger charge is -2.11. The van der Waals surface area contributed by atoms with Crippen LogP contribution < -0.4 is 10.6 Å². The van der Waals surface area contributed by atoms with E-state index in [1.165, 1.54) is 0 Å². The number of rotatable bonds is 7. The molecule has 2 N–H and O–H groups in total. The standard InChI is InChI=1S/C16H24N4O2S/c1-5-12(6-2)14-7-13(22-20-14)8-17-16(21)19-11(4)15-18-10(3)9-23-15/h7,9,11-12H,5-6,8H2,1-4H3,(H2,17,19,21)/t11-/m1/s1. The van der Waals surface area contributed by atoms with Crippen LogP contribution in [0.25, 0.3) is 0 Å². The average Bonchev–Trinajstić information content (AvgIpc) is 3.16. The molecule has 0 unspecified atom stereocenters. The average molecular weight is 336 g/mol. The third kappa shape index (κ3) is 4.79. The molecule has 23 heavy (non-hydrogen) atoms. The van der Waals surface area contributed by atoms with Gasteiger partial charge in [-0.2, -0.15) is 0 Å². The molecule has 2 rings (SSSR count). The Hall–Kier alpha value is -1.89. The van der Waals surface area contributed by atoms with E-state index in [1.54, 1.807) is 11.3 Å². The van der Waals surface area contributed by atoms with Crippen molar-refractivity contribution < 1.29 is 9.32 Å². The van der Waals surface area contributed by atoms with E-state index in [2.05, 4.69) is 34.6 Å². The van der Waals surface area contributed by atoms with Crippen LogP contribution in [0.15, 0.2) is 16.0 Å². The van der Waals surface area contributed by atoms with Crippen molar-refractivity contribution in [1.29, 1.82) is 0 Å². The summed E-state index contributed by atoms with van der Waals surface area (Å²) >= 11 is 1.54. The zero-order valence-corrected chi connectivity index (χ0v) is 14.9. The molecule has 2 aromatic rings. The van der Waals surface area contributed by atoms with Gasteiger partial charge in [0.1, 0.15) is 5.01 Å². The lowest BCUT2D eigenvalue weighted by Crippen LogP contribution is -2.36. The number of amides is 2. The molecule has 2 aromatic heterocycles. The molecule has 1 atom stereocenters. The number of hydrogen-bond acceptors (Lipinski definition) is 5. The Morgan fingerprint density at radius 3 is 2.74 bits per heavy atom. The molecule has 2 heterocycles. The first-order valence-electron chi connectivity index (χ1n) is 7.95. The monoisotopic (exact) mass is 336 g/mol. The summed E-state index contributed by atoms with van der Waals surface area (Å²) in [5.41, 5.74) is 1.92. The molecule has 126 valence electrons. The molecule has 2 amide bonds. The molecule has 0 fully saturated rings. The molecule has 0 saturated carbocycles. The quantitative estimate of drug-likeness (QED) is 0.803. The highest BCUT2D eigenvalue weighted by molar-refractivity contribution is 7.09. The third-order valence-electron chi connectivity index (χ3n) is 3.76. The Kier molecular flexibility index (Phi) is 6.15. The maximum Gasteiger partial charge on any atom is 0.315 e. The number of carbonyl (C=O) groups is 1. The van der Waals surface area contributed by atoms with Gasteiger partial charge >= 0.3 is 6.03 Å². The molecular formula is C16H24N4O2S. The fourth-order valence-electron chi connectivity index (χ4n) is 2.36. The highest BCUT2D eigenvalue weighted by Gasteiger charge is 2.15. The largest absolute Gasteiger partial charge is 0.359 e. The van der Waals surface area contributed by atoms with E-state index in [0.717, 1.165) is 29.2 Å². The number of urea groups is 1. The van der Waals surface area contributed by atoms with E-state index < -0.39 is 0 Å². The highest BCUT2D eigenvalue weighted by atomic mass is 32.1. The molecule has 0 radical (unpaired) electrons. The van der Waals surface area contributed by atoms with Gasteiger partial charge in [-0.05, 0) is 26.7 Å². The second-order valence-corrected chi connectivity index (χ2v) is 6.50. The number of nitrogens with one attached hydrogen (secondary N) is 2. The smallest absolute Gasteiger partial charge is 0.315 e. The Bertz CT molecular complexity index is 634. The minimum atomic E-state index is -0.245.